The summed E-state index contributed by atoms with van der Waals surface area (Å²) in [6.45, 7) is 6.65. The molecule has 3 heteroatoms. The van der Waals surface area contributed by atoms with Gasteiger partial charge in [-0.15, -0.1) is 0 Å². The van der Waals surface area contributed by atoms with E-state index in [1.54, 1.807) is 25.1 Å². The minimum absolute atomic E-state index is 0.319. The van der Waals surface area contributed by atoms with E-state index in [-0.39, 0.29) is 5.97 Å². The van der Waals surface area contributed by atoms with Gasteiger partial charge in [0, 0.05) is 0 Å². The van der Waals surface area contributed by atoms with Crippen molar-refractivity contribution in [2.24, 2.45) is 0 Å². The number of carbonyl (C=O) groups is 1. The topological polar surface area (TPSA) is 35.5 Å². The van der Waals surface area contributed by atoms with Gasteiger partial charge in [0.2, 0.25) is 0 Å². The van der Waals surface area contributed by atoms with E-state index in [1.807, 2.05) is 26.0 Å². The SMILES string of the molecule is CC=C(C)COc1cccc(C(=O)OCC)c1. The first kappa shape index (κ1) is 13.3. The highest BCUT2D eigenvalue weighted by molar-refractivity contribution is 5.89. The third kappa shape index (κ3) is 4.31. The lowest BCUT2D eigenvalue weighted by Gasteiger charge is -2.07. The molecule has 0 aliphatic rings. The zero-order valence-corrected chi connectivity index (χ0v) is 10.5. The number of hydrogen-bond donors (Lipinski definition) is 0. The van der Waals surface area contributed by atoms with Crippen LogP contribution in [0.3, 0.4) is 0 Å². The first-order valence-electron chi connectivity index (χ1n) is 5.69. The molecule has 92 valence electrons. The summed E-state index contributed by atoms with van der Waals surface area (Å²) < 4.78 is 10.5. The Morgan fingerprint density at radius 3 is 2.82 bits per heavy atom. The summed E-state index contributed by atoms with van der Waals surface area (Å²) in [5.74, 6) is 0.359. The molecule has 1 rings (SSSR count). The van der Waals surface area contributed by atoms with E-state index < -0.39 is 0 Å². The Kier molecular flexibility index (Phi) is 5.27. The number of hydrogen-bond acceptors (Lipinski definition) is 3. The highest BCUT2D eigenvalue weighted by Crippen LogP contribution is 2.15. The standard InChI is InChI=1S/C14H18O3/c1-4-11(3)10-17-13-8-6-7-12(9-13)14(15)16-5-2/h4,6-9H,5,10H2,1-3H3. The van der Waals surface area contributed by atoms with Crippen molar-refractivity contribution in [1.29, 1.82) is 0 Å². The number of benzene rings is 1. The summed E-state index contributed by atoms with van der Waals surface area (Å²) in [6, 6.07) is 7.02. The van der Waals surface area contributed by atoms with Crippen molar-refractivity contribution in [3.63, 3.8) is 0 Å². The summed E-state index contributed by atoms with van der Waals surface area (Å²) in [4.78, 5) is 11.5. The Labute approximate surface area is 102 Å². The molecule has 0 aromatic heterocycles. The molecule has 0 saturated carbocycles. The van der Waals surface area contributed by atoms with Crippen LogP contribution in [0, 0.1) is 0 Å². The van der Waals surface area contributed by atoms with Crippen LogP contribution in [-0.4, -0.2) is 19.2 Å². The molecule has 0 fully saturated rings. The normalized spacial score (nSPS) is 11.1. The molecular weight excluding hydrogens is 216 g/mol. The number of rotatable bonds is 5. The van der Waals surface area contributed by atoms with Gasteiger partial charge in [0.25, 0.3) is 0 Å². The largest absolute Gasteiger partial charge is 0.489 e. The molecule has 17 heavy (non-hydrogen) atoms. The van der Waals surface area contributed by atoms with Crippen LogP contribution in [-0.2, 0) is 4.74 Å². The van der Waals surface area contributed by atoms with Crippen molar-refractivity contribution in [3.05, 3.63) is 41.5 Å². The van der Waals surface area contributed by atoms with E-state index in [2.05, 4.69) is 0 Å². The van der Waals surface area contributed by atoms with Crippen molar-refractivity contribution in [2.45, 2.75) is 20.8 Å². The fraction of sp³-hybridized carbons (Fsp3) is 0.357. The average molecular weight is 234 g/mol. The lowest BCUT2D eigenvalue weighted by molar-refractivity contribution is 0.0526. The molecule has 1 aromatic carbocycles. The Bertz CT molecular complexity index is 408. The first-order valence-corrected chi connectivity index (χ1v) is 5.69. The molecule has 0 heterocycles. The maximum Gasteiger partial charge on any atom is 0.338 e. The minimum atomic E-state index is -0.319. The van der Waals surface area contributed by atoms with Gasteiger partial charge in [0.15, 0.2) is 0 Å². The highest BCUT2D eigenvalue weighted by atomic mass is 16.5. The molecule has 0 bridgehead atoms. The lowest BCUT2D eigenvalue weighted by Crippen LogP contribution is -2.05. The van der Waals surface area contributed by atoms with E-state index in [0.717, 1.165) is 5.57 Å². The predicted molar refractivity (Wildman–Crippen MR) is 67.3 cm³/mol. The minimum Gasteiger partial charge on any atom is -0.489 e. The molecule has 0 atom stereocenters. The van der Waals surface area contributed by atoms with E-state index in [1.165, 1.54) is 0 Å². The summed E-state index contributed by atoms with van der Waals surface area (Å²) >= 11 is 0. The molecule has 0 radical (unpaired) electrons. The van der Waals surface area contributed by atoms with Gasteiger partial charge in [0.1, 0.15) is 12.4 Å². The molecule has 1 aromatic rings. The van der Waals surface area contributed by atoms with Crippen LogP contribution in [0.4, 0.5) is 0 Å². The van der Waals surface area contributed by atoms with Gasteiger partial charge in [-0.25, -0.2) is 4.79 Å². The van der Waals surface area contributed by atoms with Crippen LogP contribution in [0.2, 0.25) is 0 Å². The maximum absolute atomic E-state index is 11.5. The zero-order valence-electron chi connectivity index (χ0n) is 10.5. The van der Waals surface area contributed by atoms with Crippen molar-refractivity contribution >= 4 is 5.97 Å². The van der Waals surface area contributed by atoms with Gasteiger partial charge >= 0.3 is 5.97 Å². The molecule has 0 spiro atoms. The number of esters is 1. The fourth-order valence-corrected chi connectivity index (χ4v) is 1.21. The second kappa shape index (κ2) is 6.74. The van der Waals surface area contributed by atoms with Crippen LogP contribution in [0.25, 0.3) is 0 Å². The summed E-state index contributed by atoms with van der Waals surface area (Å²) in [7, 11) is 0. The third-order valence-corrected chi connectivity index (χ3v) is 2.30. The van der Waals surface area contributed by atoms with E-state index >= 15 is 0 Å². The quantitative estimate of drug-likeness (QED) is 0.579. The monoisotopic (exact) mass is 234 g/mol. The molecular formula is C14H18O3. The smallest absolute Gasteiger partial charge is 0.338 e. The van der Waals surface area contributed by atoms with Gasteiger partial charge < -0.3 is 9.47 Å². The fourth-order valence-electron chi connectivity index (χ4n) is 1.21. The Balaban J connectivity index is 2.69. The van der Waals surface area contributed by atoms with Crippen molar-refractivity contribution in [2.75, 3.05) is 13.2 Å². The van der Waals surface area contributed by atoms with Crippen LogP contribution in [0.15, 0.2) is 35.9 Å². The van der Waals surface area contributed by atoms with Gasteiger partial charge in [-0.3, -0.25) is 0 Å². The molecule has 0 N–H and O–H groups in total. The second-order valence-corrected chi connectivity index (χ2v) is 3.67. The Hall–Kier alpha value is -1.77. The number of carbonyl (C=O) groups excluding carboxylic acids is 1. The summed E-state index contributed by atoms with van der Waals surface area (Å²) in [5.41, 5.74) is 1.66. The van der Waals surface area contributed by atoms with Crippen molar-refractivity contribution in [1.82, 2.24) is 0 Å². The van der Waals surface area contributed by atoms with Gasteiger partial charge in [-0.05, 0) is 44.5 Å². The van der Waals surface area contributed by atoms with Crippen LogP contribution in [0.1, 0.15) is 31.1 Å². The van der Waals surface area contributed by atoms with Gasteiger partial charge in [-0.1, -0.05) is 12.1 Å². The average Bonchev–Trinajstić information content (AvgIpc) is 2.36. The van der Waals surface area contributed by atoms with E-state index in [0.29, 0.717) is 24.5 Å². The molecule has 0 saturated heterocycles. The molecule has 0 amide bonds. The molecule has 0 unspecified atom stereocenters. The molecule has 0 aliphatic carbocycles. The molecule has 0 aliphatic heterocycles. The van der Waals surface area contributed by atoms with Crippen LogP contribution >= 0.6 is 0 Å². The Morgan fingerprint density at radius 2 is 2.18 bits per heavy atom. The van der Waals surface area contributed by atoms with Crippen LogP contribution in [0.5, 0.6) is 5.75 Å². The van der Waals surface area contributed by atoms with Crippen molar-refractivity contribution in [3.8, 4) is 5.75 Å². The summed E-state index contributed by atoms with van der Waals surface area (Å²) in [6.07, 6.45) is 2.00. The van der Waals surface area contributed by atoms with Crippen LogP contribution < -0.4 is 4.74 Å². The lowest BCUT2D eigenvalue weighted by atomic mass is 10.2. The number of ether oxygens (including phenoxy) is 2. The summed E-state index contributed by atoms with van der Waals surface area (Å²) in [5, 5.41) is 0. The maximum atomic E-state index is 11.5. The first-order chi connectivity index (χ1) is 8.17. The predicted octanol–water partition coefficient (Wildman–Crippen LogP) is 3.21. The molecule has 3 nitrogen and oxygen atoms in total. The van der Waals surface area contributed by atoms with E-state index in [4.69, 9.17) is 9.47 Å². The second-order valence-electron chi connectivity index (χ2n) is 3.67. The van der Waals surface area contributed by atoms with Gasteiger partial charge in [0.05, 0.1) is 12.2 Å². The zero-order chi connectivity index (χ0) is 12.7. The van der Waals surface area contributed by atoms with Gasteiger partial charge in [-0.2, -0.15) is 0 Å². The highest BCUT2D eigenvalue weighted by Gasteiger charge is 2.06. The Morgan fingerprint density at radius 1 is 1.41 bits per heavy atom. The third-order valence-electron chi connectivity index (χ3n) is 2.30. The van der Waals surface area contributed by atoms with E-state index in [9.17, 15) is 4.79 Å². The number of allylic oxidation sites excluding steroid dienone is 1. The van der Waals surface area contributed by atoms with Crippen molar-refractivity contribution < 1.29 is 14.3 Å².